The number of fused-ring (bicyclic) bond motifs is 6. The average molecular weight is 697 g/mol. The van der Waals surface area contributed by atoms with Gasteiger partial charge in [0.25, 0.3) is 0 Å². The van der Waals surface area contributed by atoms with Crippen molar-refractivity contribution in [3.05, 3.63) is 194 Å². The van der Waals surface area contributed by atoms with Crippen LogP contribution in [0.25, 0.3) is 88.4 Å². The quantitative estimate of drug-likeness (QED) is 0.170. The van der Waals surface area contributed by atoms with Crippen LogP contribution in [0.4, 0.5) is 0 Å². The molecule has 0 spiro atoms. The Kier molecular flexibility index (Phi) is 9.66. The van der Waals surface area contributed by atoms with E-state index in [1.54, 1.807) is 0 Å². The molecule has 2 aromatic heterocycles. The number of nitrogens with zero attached hydrogens (tertiary/aromatic N) is 2. The molecule has 0 aliphatic carbocycles. The molecule has 0 unspecified atom stereocenters. The Labute approximate surface area is 318 Å². The van der Waals surface area contributed by atoms with Crippen LogP contribution >= 0.6 is 0 Å². The lowest BCUT2D eigenvalue weighted by Crippen LogP contribution is -1.98. The molecule has 0 aliphatic heterocycles. The van der Waals surface area contributed by atoms with E-state index in [0.29, 0.717) is 0 Å². The van der Waals surface area contributed by atoms with Gasteiger partial charge in [0.2, 0.25) is 0 Å². The van der Waals surface area contributed by atoms with Gasteiger partial charge in [-0.05, 0) is 88.5 Å². The first kappa shape index (κ1) is 34.4. The van der Waals surface area contributed by atoms with Gasteiger partial charge in [-0.15, -0.1) is 0 Å². The fourth-order valence-electron chi connectivity index (χ4n) is 7.81. The first-order valence-corrected chi connectivity index (χ1v) is 19.2. The summed E-state index contributed by atoms with van der Waals surface area (Å²) in [6, 6.07) is 70.4. The zero-order chi connectivity index (χ0) is 37.0. The lowest BCUT2D eigenvalue weighted by atomic mass is 9.97. The molecule has 2 nitrogen and oxygen atoms in total. The molecule has 2 heteroatoms. The van der Waals surface area contributed by atoms with E-state index in [0.717, 1.165) is 0 Å². The molecule has 0 radical (unpaired) electrons. The monoisotopic (exact) mass is 696 g/mol. The Bertz CT molecular complexity index is 2840. The molecule has 8 aromatic carbocycles. The molecular formula is C52H44N2. The highest BCUT2D eigenvalue weighted by atomic mass is 15.0. The lowest BCUT2D eigenvalue weighted by molar-refractivity contribution is 1.18. The smallest absolute Gasteiger partial charge is 0.0541 e. The van der Waals surface area contributed by atoms with Crippen LogP contribution in [0.5, 0.6) is 0 Å². The van der Waals surface area contributed by atoms with Crippen LogP contribution in [0.3, 0.4) is 0 Å². The van der Waals surface area contributed by atoms with Gasteiger partial charge >= 0.3 is 0 Å². The van der Waals surface area contributed by atoms with Gasteiger partial charge in [-0.2, -0.15) is 0 Å². The van der Waals surface area contributed by atoms with Crippen LogP contribution in [0.2, 0.25) is 0 Å². The number of hydrogen-bond acceptors (Lipinski definition) is 0. The van der Waals surface area contributed by atoms with Crippen molar-refractivity contribution in [1.82, 2.24) is 9.13 Å². The topological polar surface area (TPSA) is 9.86 Å². The summed E-state index contributed by atoms with van der Waals surface area (Å²) in [5, 5.41) is 5.02. The number of benzene rings is 8. The second kappa shape index (κ2) is 15.1. The van der Waals surface area contributed by atoms with Crippen LogP contribution in [0.1, 0.15) is 27.7 Å². The van der Waals surface area contributed by atoms with Crippen LogP contribution in [-0.4, -0.2) is 9.13 Å². The Balaban J connectivity index is 0.00000100. The number of hydrogen-bond donors (Lipinski definition) is 0. The lowest BCUT2D eigenvalue weighted by Gasteiger charge is -2.16. The molecule has 0 bridgehead atoms. The number of rotatable bonds is 5. The van der Waals surface area contributed by atoms with Crippen LogP contribution in [0.15, 0.2) is 194 Å². The Morgan fingerprint density at radius 1 is 0.278 bits per heavy atom. The first-order chi connectivity index (χ1) is 26.8. The van der Waals surface area contributed by atoms with Crippen molar-refractivity contribution in [3.8, 4) is 44.8 Å². The van der Waals surface area contributed by atoms with Crippen LogP contribution < -0.4 is 0 Å². The van der Waals surface area contributed by atoms with E-state index in [9.17, 15) is 0 Å². The maximum atomic E-state index is 2.45. The van der Waals surface area contributed by atoms with E-state index in [4.69, 9.17) is 0 Å². The Morgan fingerprint density at radius 3 is 1.26 bits per heavy atom. The van der Waals surface area contributed by atoms with Crippen molar-refractivity contribution < 1.29 is 0 Å². The molecule has 54 heavy (non-hydrogen) atoms. The minimum absolute atomic E-state index is 1.17. The molecule has 0 aliphatic rings. The van der Waals surface area contributed by atoms with Gasteiger partial charge in [0.1, 0.15) is 0 Å². The Morgan fingerprint density at radius 2 is 0.685 bits per heavy atom. The second-order valence-corrected chi connectivity index (χ2v) is 13.0. The normalized spacial score (nSPS) is 11.0. The summed E-state index contributed by atoms with van der Waals surface area (Å²) in [5.41, 5.74) is 14.4. The van der Waals surface area contributed by atoms with E-state index in [1.807, 2.05) is 27.7 Å². The van der Waals surface area contributed by atoms with Gasteiger partial charge in [-0.3, -0.25) is 0 Å². The number of para-hydroxylation sites is 3. The molecule has 0 saturated carbocycles. The summed E-state index contributed by atoms with van der Waals surface area (Å²) in [4.78, 5) is 0. The summed E-state index contributed by atoms with van der Waals surface area (Å²) in [6.07, 6.45) is 0. The molecule has 2 heterocycles. The fourth-order valence-corrected chi connectivity index (χ4v) is 7.81. The van der Waals surface area contributed by atoms with E-state index < -0.39 is 0 Å². The van der Waals surface area contributed by atoms with E-state index in [-0.39, 0.29) is 0 Å². The zero-order valence-corrected chi connectivity index (χ0v) is 31.4. The summed E-state index contributed by atoms with van der Waals surface area (Å²) in [7, 11) is 0. The maximum Gasteiger partial charge on any atom is 0.0541 e. The van der Waals surface area contributed by atoms with Crippen LogP contribution in [0, 0.1) is 0 Å². The highest BCUT2D eigenvalue weighted by molar-refractivity contribution is 6.13. The second-order valence-electron chi connectivity index (χ2n) is 13.0. The third-order valence-corrected chi connectivity index (χ3v) is 10.1. The van der Waals surface area contributed by atoms with Crippen molar-refractivity contribution in [3.63, 3.8) is 0 Å². The largest absolute Gasteiger partial charge is 0.309 e. The van der Waals surface area contributed by atoms with Gasteiger partial charge in [0.05, 0.1) is 27.8 Å². The zero-order valence-electron chi connectivity index (χ0n) is 31.4. The standard InChI is InChI=1S/C48H32N2.2C2H6/c1-4-14-33(15-5-1)35-24-27-46(41(30-35)34-16-6-2-7-17-34)50-45-23-13-11-21-40(45)43-32-37(26-29-48(43)50)36-25-28-47-42(31-36)39-20-10-12-22-44(39)49(47)38-18-8-3-9-19-38;2*1-2/h1-32H;2*1-2H3. The van der Waals surface area contributed by atoms with Crippen molar-refractivity contribution in [2.24, 2.45) is 0 Å². The van der Waals surface area contributed by atoms with Crippen molar-refractivity contribution in [1.29, 1.82) is 0 Å². The summed E-state index contributed by atoms with van der Waals surface area (Å²) >= 11 is 0. The molecule has 0 N–H and O–H groups in total. The summed E-state index contributed by atoms with van der Waals surface area (Å²) in [5.74, 6) is 0. The third-order valence-electron chi connectivity index (χ3n) is 10.1. The average Bonchev–Trinajstić information content (AvgIpc) is 3.78. The van der Waals surface area contributed by atoms with Gasteiger partial charge in [-0.1, -0.05) is 161 Å². The predicted molar refractivity (Wildman–Crippen MR) is 234 cm³/mol. The maximum absolute atomic E-state index is 2.45. The fraction of sp³-hybridized carbons (Fsp3) is 0.0769. The van der Waals surface area contributed by atoms with Gasteiger partial charge < -0.3 is 9.13 Å². The molecule has 0 amide bonds. The summed E-state index contributed by atoms with van der Waals surface area (Å²) in [6.45, 7) is 8.00. The van der Waals surface area contributed by atoms with E-state index in [2.05, 4.69) is 203 Å². The van der Waals surface area contributed by atoms with Gasteiger partial charge in [0, 0.05) is 32.8 Å². The van der Waals surface area contributed by atoms with Gasteiger partial charge in [0.15, 0.2) is 0 Å². The minimum Gasteiger partial charge on any atom is -0.309 e. The SMILES string of the molecule is CC.CC.c1ccc(-c2ccc(-n3c4ccccc4c4cc(-c5ccc6c(c5)c5ccccc5n6-c5ccccc5)ccc43)c(-c3ccccc3)c2)cc1. The predicted octanol–water partition coefficient (Wildman–Crippen LogP) is 14.9. The summed E-state index contributed by atoms with van der Waals surface area (Å²) < 4.78 is 4.82. The van der Waals surface area contributed by atoms with E-state index in [1.165, 1.54) is 88.4 Å². The van der Waals surface area contributed by atoms with Gasteiger partial charge in [-0.25, -0.2) is 0 Å². The molecule has 0 saturated heterocycles. The van der Waals surface area contributed by atoms with Crippen molar-refractivity contribution >= 4 is 43.6 Å². The van der Waals surface area contributed by atoms with Crippen molar-refractivity contribution in [2.75, 3.05) is 0 Å². The highest BCUT2D eigenvalue weighted by Gasteiger charge is 2.18. The minimum atomic E-state index is 1.17. The molecule has 10 rings (SSSR count). The van der Waals surface area contributed by atoms with Crippen molar-refractivity contribution in [2.45, 2.75) is 27.7 Å². The molecule has 10 aromatic rings. The Hall–Kier alpha value is -6.64. The molecular weight excluding hydrogens is 653 g/mol. The third kappa shape index (κ3) is 5.96. The number of aromatic nitrogens is 2. The van der Waals surface area contributed by atoms with E-state index >= 15 is 0 Å². The molecule has 262 valence electrons. The highest BCUT2D eigenvalue weighted by Crippen LogP contribution is 2.40. The van der Waals surface area contributed by atoms with Crippen LogP contribution in [-0.2, 0) is 0 Å². The molecule has 0 atom stereocenters. The first-order valence-electron chi connectivity index (χ1n) is 19.2. The molecule has 0 fully saturated rings.